The third-order valence-corrected chi connectivity index (χ3v) is 5.11. The van der Waals surface area contributed by atoms with Crippen molar-refractivity contribution in [2.24, 2.45) is 0 Å². The second kappa shape index (κ2) is 10.5. The minimum atomic E-state index is -0.272. The van der Waals surface area contributed by atoms with E-state index >= 15 is 0 Å². The molecule has 1 heterocycles. The molecule has 0 aliphatic heterocycles. The zero-order chi connectivity index (χ0) is 20.5. The molecular formula is C22H23N3O3S. The summed E-state index contributed by atoms with van der Waals surface area (Å²) in [6.45, 7) is 0.442. The van der Waals surface area contributed by atoms with E-state index in [9.17, 15) is 9.59 Å². The Balaban J connectivity index is 1.65. The Bertz CT molecular complexity index is 885. The molecule has 0 aliphatic rings. The first-order valence-electron chi connectivity index (χ1n) is 9.34. The number of carbonyl (C=O) groups excluding carboxylic acids is 2. The molecule has 0 aliphatic carbocycles. The Morgan fingerprint density at radius 1 is 1.03 bits per heavy atom. The fraction of sp³-hybridized carbons (Fsp3) is 0.227. The van der Waals surface area contributed by atoms with Gasteiger partial charge in [-0.05, 0) is 6.42 Å². The highest BCUT2D eigenvalue weighted by Crippen LogP contribution is 2.32. The van der Waals surface area contributed by atoms with Crippen LogP contribution in [0.5, 0.6) is 0 Å². The van der Waals surface area contributed by atoms with E-state index in [1.165, 1.54) is 18.9 Å². The van der Waals surface area contributed by atoms with Crippen molar-refractivity contribution in [1.29, 1.82) is 0 Å². The average Bonchev–Trinajstić information content (AvgIpc) is 3.20. The summed E-state index contributed by atoms with van der Waals surface area (Å²) in [5, 5.41) is 3.50. The van der Waals surface area contributed by atoms with Gasteiger partial charge < -0.3 is 15.0 Å². The SMILES string of the molecule is COC(=O)CCCNC(=O)CSc1nc(-c2ccccc2)c(-c2ccccc2)[nH]1. The van der Waals surface area contributed by atoms with Crippen molar-refractivity contribution in [2.75, 3.05) is 19.4 Å². The molecule has 6 nitrogen and oxygen atoms in total. The molecule has 0 saturated carbocycles. The van der Waals surface area contributed by atoms with Crippen LogP contribution in [0.15, 0.2) is 65.8 Å². The van der Waals surface area contributed by atoms with Gasteiger partial charge in [-0.25, -0.2) is 4.98 Å². The van der Waals surface area contributed by atoms with Crippen molar-refractivity contribution in [3.05, 3.63) is 60.7 Å². The van der Waals surface area contributed by atoms with Gasteiger partial charge >= 0.3 is 5.97 Å². The second-order valence-corrected chi connectivity index (χ2v) is 7.28. The number of ether oxygens (including phenoxy) is 1. The van der Waals surface area contributed by atoms with Gasteiger partial charge in [-0.2, -0.15) is 0 Å². The van der Waals surface area contributed by atoms with E-state index in [0.717, 1.165) is 22.5 Å². The summed E-state index contributed by atoms with van der Waals surface area (Å²) in [5.41, 5.74) is 3.84. The summed E-state index contributed by atoms with van der Waals surface area (Å²) in [7, 11) is 1.36. The van der Waals surface area contributed by atoms with Gasteiger partial charge in [0.25, 0.3) is 0 Å². The maximum atomic E-state index is 12.1. The van der Waals surface area contributed by atoms with Crippen LogP contribution in [0.3, 0.4) is 0 Å². The molecular weight excluding hydrogens is 386 g/mol. The minimum Gasteiger partial charge on any atom is -0.469 e. The highest BCUT2D eigenvalue weighted by molar-refractivity contribution is 7.99. The molecule has 3 rings (SSSR count). The lowest BCUT2D eigenvalue weighted by atomic mass is 10.1. The molecule has 2 aromatic carbocycles. The van der Waals surface area contributed by atoms with Crippen LogP contribution in [0.4, 0.5) is 0 Å². The van der Waals surface area contributed by atoms with Gasteiger partial charge in [0.1, 0.15) is 0 Å². The quantitative estimate of drug-likeness (QED) is 0.318. The number of thioether (sulfide) groups is 1. The first kappa shape index (κ1) is 20.7. The molecule has 1 aromatic heterocycles. The number of aromatic amines is 1. The first-order valence-corrected chi connectivity index (χ1v) is 10.3. The maximum Gasteiger partial charge on any atom is 0.305 e. The number of nitrogens with one attached hydrogen (secondary N) is 2. The topological polar surface area (TPSA) is 84.1 Å². The molecule has 0 saturated heterocycles. The van der Waals surface area contributed by atoms with Gasteiger partial charge in [-0.3, -0.25) is 9.59 Å². The van der Waals surface area contributed by atoms with Gasteiger partial charge in [0.15, 0.2) is 5.16 Å². The van der Waals surface area contributed by atoms with Gasteiger partial charge in [-0.15, -0.1) is 0 Å². The van der Waals surface area contributed by atoms with Gasteiger partial charge in [0, 0.05) is 24.1 Å². The number of amides is 1. The van der Waals surface area contributed by atoms with E-state index in [0.29, 0.717) is 24.5 Å². The molecule has 150 valence electrons. The third-order valence-electron chi connectivity index (χ3n) is 4.24. The molecule has 29 heavy (non-hydrogen) atoms. The molecule has 2 N–H and O–H groups in total. The van der Waals surface area contributed by atoms with Crippen LogP contribution in [0.2, 0.25) is 0 Å². The number of methoxy groups -OCH3 is 1. The van der Waals surface area contributed by atoms with Crippen LogP contribution in [0.25, 0.3) is 22.5 Å². The summed E-state index contributed by atoms with van der Waals surface area (Å²) in [5.74, 6) is -0.126. The lowest BCUT2D eigenvalue weighted by molar-refractivity contribution is -0.140. The third kappa shape index (κ3) is 5.96. The van der Waals surface area contributed by atoms with Crippen molar-refractivity contribution in [3.8, 4) is 22.5 Å². The zero-order valence-electron chi connectivity index (χ0n) is 16.2. The Morgan fingerprint density at radius 2 is 1.69 bits per heavy atom. The fourth-order valence-corrected chi connectivity index (χ4v) is 3.49. The molecule has 0 bridgehead atoms. The molecule has 1 amide bonds. The highest BCUT2D eigenvalue weighted by Gasteiger charge is 2.15. The number of hydrogen-bond donors (Lipinski definition) is 2. The monoisotopic (exact) mass is 409 g/mol. The van der Waals surface area contributed by atoms with Crippen LogP contribution in [-0.2, 0) is 14.3 Å². The Kier molecular flexibility index (Phi) is 7.47. The largest absolute Gasteiger partial charge is 0.469 e. The van der Waals surface area contributed by atoms with Crippen molar-refractivity contribution >= 4 is 23.6 Å². The van der Waals surface area contributed by atoms with Crippen LogP contribution < -0.4 is 5.32 Å². The number of imidazole rings is 1. The number of hydrogen-bond acceptors (Lipinski definition) is 5. The van der Waals surface area contributed by atoms with Crippen molar-refractivity contribution < 1.29 is 14.3 Å². The number of rotatable bonds is 9. The van der Waals surface area contributed by atoms with Crippen molar-refractivity contribution in [1.82, 2.24) is 15.3 Å². The zero-order valence-corrected chi connectivity index (χ0v) is 17.0. The summed E-state index contributed by atoms with van der Waals surface area (Å²) in [6, 6.07) is 20.0. The van der Waals surface area contributed by atoms with Crippen LogP contribution >= 0.6 is 11.8 Å². The average molecular weight is 410 g/mol. The summed E-state index contributed by atoms with van der Waals surface area (Å²) in [6.07, 6.45) is 0.850. The Labute approximate surface area is 174 Å². The Hall–Kier alpha value is -3.06. The van der Waals surface area contributed by atoms with E-state index in [1.54, 1.807) is 0 Å². The number of esters is 1. The number of benzene rings is 2. The number of carbonyl (C=O) groups is 2. The Morgan fingerprint density at radius 3 is 2.34 bits per heavy atom. The number of H-pyrrole nitrogens is 1. The van der Waals surface area contributed by atoms with E-state index in [-0.39, 0.29) is 17.6 Å². The lowest BCUT2D eigenvalue weighted by Crippen LogP contribution is -2.26. The maximum absolute atomic E-state index is 12.1. The predicted molar refractivity (Wildman–Crippen MR) is 114 cm³/mol. The molecule has 3 aromatic rings. The summed E-state index contributed by atoms with van der Waals surface area (Å²) < 4.78 is 4.58. The van der Waals surface area contributed by atoms with Crippen LogP contribution in [-0.4, -0.2) is 41.3 Å². The molecule has 7 heteroatoms. The lowest BCUT2D eigenvalue weighted by Gasteiger charge is -2.03. The van der Waals surface area contributed by atoms with E-state index in [4.69, 9.17) is 4.98 Å². The van der Waals surface area contributed by atoms with Crippen LogP contribution in [0, 0.1) is 0 Å². The standard InChI is InChI=1S/C22H23N3O3S/c1-28-19(27)13-8-14-23-18(26)15-29-22-24-20(16-9-4-2-5-10-16)21(25-22)17-11-6-3-7-12-17/h2-7,9-12H,8,13-15H2,1H3,(H,23,26)(H,24,25). The molecule has 0 unspecified atom stereocenters. The fourth-order valence-electron chi connectivity index (χ4n) is 2.79. The molecule has 0 radical (unpaired) electrons. The van der Waals surface area contributed by atoms with E-state index < -0.39 is 0 Å². The number of nitrogens with zero attached hydrogens (tertiary/aromatic N) is 1. The van der Waals surface area contributed by atoms with Crippen molar-refractivity contribution in [3.63, 3.8) is 0 Å². The first-order chi connectivity index (χ1) is 14.2. The predicted octanol–water partition coefficient (Wildman–Crippen LogP) is 3.91. The van der Waals surface area contributed by atoms with Gasteiger partial charge in [0.2, 0.25) is 5.91 Å². The number of aromatic nitrogens is 2. The van der Waals surface area contributed by atoms with Crippen molar-refractivity contribution in [2.45, 2.75) is 18.0 Å². The summed E-state index contributed by atoms with van der Waals surface area (Å²) in [4.78, 5) is 31.2. The second-order valence-electron chi connectivity index (χ2n) is 6.32. The van der Waals surface area contributed by atoms with E-state index in [2.05, 4.69) is 15.0 Å². The summed E-state index contributed by atoms with van der Waals surface area (Å²) >= 11 is 1.35. The van der Waals surface area contributed by atoms with Crippen LogP contribution in [0.1, 0.15) is 12.8 Å². The minimum absolute atomic E-state index is 0.0983. The normalized spacial score (nSPS) is 10.5. The molecule has 0 atom stereocenters. The van der Waals surface area contributed by atoms with Gasteiger partial charge in [0.05, 0.1) is 24.3 Å². The van der Waals surface area contributed by atoms with E-state index in [1.807, 2.05) is 60.7 Å². The smallest absolute Gasteiger partial charge is 0.305 e. The van der Waals surface area contributed by atoms with Gasteiger partial charge in [-0.1, -0.05) is 72.4 Å². The highest BCUT2D eigenvalue weighted by atomic mass is 32.2. The molecule has 0 fully saturated rings. The molecule has 0 spiro atoms.